The summed E-state index contributed by atoms with van der Waals surface area (Å²) in [5.74, 6) is 0.262. The van der Waals surface area contributed by atoms with E-state index in [0.29, 0.717) is 40.4 Å². The molecule has 0 spiro atoms. The van der Waals surface area contributed by atoms with Gasteiger partial charge in [-0.1, -0.05) is 55.4 Å². The maximum atomic E-state index is 12.7. The number of carbonyl (C=O) groups excluding carboxylic acids is 2. The van der Waals surface area contributed by atoms with Crippen LogP contribution in [0.2, 0.25) is 5.02 Å². The molecule has 0 bridgehead atoms. The molecule has 4 aromatic rings. The van der Waals surface area contributed by atoms with E-state index in [9.17, 15) is 22.8 Å². The zero-order valence-electron chi connectivity index (χ0n) is 24.4. The molecule has 1 N–H and O–H groups in total. The van der Waals surface area contributed by atoms with Crippen LogP contribution in [0.4, 0.5) is 23.7 Å². The molecule has 2 heterocycles. The summed E-state index contributed by atoms with van der Waals surface area (Å²) in [4.78, 5) is 35.5. The highest BCUT2D eigenvalue weighted by Gasteiger charge is 2.33. The van der Waals surface area contributed by atoms with Gasteiger partial charge in [-0.2, -0.15) is 4.99 Å². The van der Waals surface area contributed by atoms with Crippen molar-refractivity contribution in [3.05, 3.63) is 88.7 Å². The number of amidine groups is 1. The molecule has 0 unspecified atom stereocenters. The molecule has 1 aliphatic rings. The smallest absolute Gasteiger partial charge is 0.406 e. The van der Waals surface area contributed by atoms with Gasteiger partial charge < -0.3 is 10.1 Å². The van der Waals surface area contributed by atoms with Crippen molar-refractivity contribution in [2.45, 2.75) is 39.5 Å². The standard InChI is InChI=1S/C31H28ClF3N6O3S/c1-18(2)25-11-6-22(32)15-26(25)41-27(42)16-45-30(41)38-29(43)36-13-12-20-4-5-21(14-19(20)3)28-37-17-40(39-28)23-7-9-24(10-8-23)44-31(33,34)35/h4-11,14-15,17-18H,12-13,16H2,1-3H3,(H,36,43). The van der Waals surface area contributed by atoms with Gasteiger partial charge in [-0.25, -0.2) is 14.5 Å². The monoisotopic (exact) mass is 656 g/mol. The number of amides is 3. The quantitative estimate of drug-likeness (QED) is 0.214. The number of aliphatic imine (C=N–C) groups is 1. The highest BCUT2D eigenvalue weighted by molar-refractivity contribution is 8.15. The van der Waals surface area contributed by atoms with Gasteiger partial charge in [-0.3, -0.25) is 9.69 Å². The van der Waals surface area contributed by atoms with Crippen molar-refractivity contribution in [2.75, 3.05) is 17.2 Å². The second-order valence-corrected chi connectivity index (χ2v) is 11.8. The highest BCUT2D eigenvalue weighted by atomic mass is 35.5. The molecular weight excluding hydrogens is 629 g/mol. The third kappa shape index (κ3) is 7.84. The van der Waals surface area contributed by atoms with Crippen LogP contribution < -0.4 is 15.0 Å². The fourth-order valence-corrected chi connectivity index (χ4v) is 5.77. The molecule has 1 fully saturated rings. The van der Waals surface area contributed by atoms with Gasteiger partial charge in [0.2, 0.25) is 5.91 Å². The fourth-order valence-electron chi connectivity index (χ4n) is 4.75. The van der Waals surface area contributed by atoms with Gasteiger partial charge in [-0.15, -0.1) is 18.3 Å². The minimum absolute atomic E-state index is 0.134. The third-order valence-electron chi connectivity index (χ3n) is 6.92. The van der Waals surface area contributed by atoms with E-state index in [1.165, 1.54) is 51.9 Å². The number of urea groups is 1. The number of anilines is 1. The van der Waals surface area contributed by atoms with Crippen molar-refractivity contribution in [1.29, 1.82) is 0 Å². The molecule has 1 saturated heterocycles. The van der Waals surface area contributed by atoms with Crippen LogP contribution in [-0.4, -0.2) is 50.5 Å². The topological polar surface area (TPSA) is 102 Å². The van der Waals surface area contributed by atoms with Crippen molar-refractivity contribution in [1.82, 2.24) is 20.1 Å². The number of thioether (sulfide) groups is 1. The van der Waals surface area contributed by atoms with Crippen molar-refractivity contribution < 1.29 is 27.5 Å². The predicted octanol–water partition coefficient (Wildman–Crippen LogP) is 7.31. The number of nitrogens with one attached hydrogen (secondary N) is 1. The minimum Gasteiger partial charge on any atom is -0.406 e. The Kier molecular flexibility index (Phi) is 9.49. The van der Waals surface area contributed by atoms with Gasteiger partial charge in [0.25, 0.3) is 0 Å². The summed E-state index contributed by atoms with van der Waals surface area (Å²) in [5, 5.41) is 8.04. The number of ether oxygens (including phenoxy) is 1. The van der Waals surface area contributed by atoms with Crippen molar-refractivity contribution in [3.63, 3.8) is 0 Å². The number of benzene rings is 3. The Hall–Kier alpha value is -4.36. The van der Waals surface area contributed by atoms with Gasteiger partial charge in [0.05, 0.1) is 17.1 Å². The van der Waals surface area contributed by atoms with Gasteiger partial charge in [-0.05, 0) is 78.4 Å². The fraction of sp³-hybridized carbons (Fsp3) is 0.258. The largest absolute Gasteiger partial charge is 0.573 e. The summed E-state index contributed by atoms with van der Waals surface area (Å²) < 4.78 is 42.6. The van der Waals surface area contributed by atoms with E-state index in [1.54, 1.807) is 12.1 Å². The third-order valence-corrected chi connectivity index (χ3v) is 8.07. The molecule has 45 heavy (non-hydrogen) atoms. The summed E-state index contributed by atoms with van der Waals surface area (Å²) in [6.45, 7) is 6.30. The molecule has 234 valence electrons. The molecule has 0 aliphatic carbocycles. The molecular formula is C31H28ClF3N6O3S. The van der Waals surface area contributed by atoms with Gasteiger partial charge >= 0.3 is 12.4 Å². The van der Waals surface area contributed by atoms with E-state index < -0.39 is 12.4 Å². The molecule has 14 heteroatoms. The van der Waals surface area contributed by atoms with E-state index in [-0.39, 0.29) is 23.3 Å². The lowest BCUT2D eigenvalue weighted by atomic mass is 10.0. The molecule has 5 rings (SSSR count). The number of rotatable bonds is 8. The second-order valence-electron chi connectivity index (χ2n) is 10.4. The molecule has 9 nitrogen and oxygen atoms in total. The van der Waals surface area contributed by atoms with Crippen molar-refractivity contribution in [3.8, 4) is 22.8 Å². The highest BCUT2D eigenvalue weighted by Crippen LogP contribution is 2.35. The first kappa shape index (κ1) is 32.0. The van der Waals surface area contributed by atoms with Crippen molar-refractivity contribution >= 4 is 46.2 Å². The number of halogens is 4. The molecule has 0 saturated carbocycles. The van der Waals surface area contributed by atoms with Crippen LogP contribution in [0.1, 0.15) is 36.5 Å². The van der Waals surface area contributed by atoms with Crippen LogP contribution >= 0.6 is 23.4 Å². The summed E-state index contributed by atoms with van der Waals surface area (Å²) in [7, 11) is 0. The first-order valence-electron chi connectivity index (χ1n) is 13.9. The minimum atomic E-state index is -4.76. The van der Waals surface area contributed by atoms with E-state index in [2.05, 4.69) is 25.1 Å². The number of aromatic nitrogens is 3. The van der Waals surface area contributed by atoms with E-state index >= 15 is 0 Å². The zero-order chi connectivity index (χ0) is 32.3. The van der Waals surface area contributed by atoms with Crippen LogP contribution in [0.15, 0.2) is 72.0 Å². The molecule has 1 aromatic heterocycles. The molecule has 0 radical (unpaired) electrons. The van der Waals surface area contributed by atoms with Crippen LogP contribution in [0, 0.1) is 6.92 Å². The Bertz CT molecular complexity index is 1760. The number of carbonyl (C=O) groups is 2. The number of alkyl halides is 3. The Morgan fingerprint density at radius 2 is 1.89 bits per heavy atom. The Morgan fingerprint density at radius 3 is 2.58 bits per heavy atom. The van der Waals surface area contributed by atoms with Gasteiger partial charge in [0, 0.05) is 17.1 Å². The molecule has 0 atom stereocenters. The lowest BCUT2D eigenvalue weighted by Crippen LogP contribution is -2.32. The Morgan fingerprint density at radius 1 is 1.13 bits per heavy atom. The first-order valence-corrected chi connectivity index (χ1v) is 15.2. The Labute approximate surface area is 266 Å². The zero-order valence-corrected chi connectivity index (χ0v) is 26.0. The number of nitrogens with zero attached hydrogens (tertiary/aromatic N) is 5. The lowest BCUT2D eigenvalue weighted by Gasteiger charge is -2.21. The predicted molar refractivity (Wildman–Crippen MR) is 168 cm³/mol. The van der Waals surface area contributed by atoms with Crippen LogP contribution in [0.25, 0.3) is 17.1 Å². The second kappa shape index (κ2) is 13.3. The normalized spacial score (nSPS) is 14.4. The summed E-state index contributed by atoms with van der Waals surface area (Å²) in [6.07, 6.45) is -2.75. The van der Waals surface area contributed by atoms with E-state index in [4.69, 9.17) is 11.6 Å². The van der Waals surface area contributed by atoms with E-state index in [1.807, 2.05) is 45.0 Å². The van der Waals surface area contributed by atoms with Crippen LogP contribution in [-0.2, 0) is 11.2 Å². The maximum absolute atomic E-state index is 12.7. The van der Waals surface area contributed by atoms with Gasteiger partial charge in [0.1, 0.15) is 12.1 Å². The molecule has 3 amide bonds. The van der Waals surface area contributed by atoms with Crippen molar-refractivity contribution in [2.24, 2.45) is 4.99 Å². The number of aryl methyl sites for hydroxylation is 1. The maximum Gasteiger partial charge on any atom is 0.573 e. The average molecular weight is 657 g/mol. The van der Waals surface area contributed by atoms with E-state index in [0.717, 1.165) is 22.3 Å². The summed E-state index contributed by atoms with van der Waals surface area (Å²) >= 11 is 7.43. The number of hydrogen-bond acceptors (Lipinski definition) is 6. The first-order chi connectivity index (χ1) is 21.4. The van der Waals surface area contributed by atoms with Crippen LogP contribution in [0.5, 0.6) is 5.75 Å². The van der Waals surface area contributed by atoms with Gasteiger partial charge in [0.15, 0.2) is 11.0 Å². The molecule has 3 aromatic carbocycles. The summed E-state index contributed by atoms with van der Waals surface area (Å²) in [5.41, 5.74) is 4.79. The molecule has 1 aliphatic heterocycles. The average Bonchev–Trinajstić information content (AvgIpc) is 3.60. The summed E-state index contributed by atoms with van der Waals surface area (Å²) in [6, 6.07) is 15.8. The Balaban J connectivity index is 1.20. The lowest BCUT2D eigenvalue weighted by molar-refractivity contribution is -0.274. The SMILES string of the molecule is Cc1cc(-c2ncn(-c3ccc(OC(F)(F)F)cc3)n2)ccc1CCNC(=O)N=C1SCC(=O)N1c1cc(Cl)ccc1C(C)C. The van der Waals surface area contributed by atoms with Crippen LogP contribution in [0.3, 0.4) is 0 Å². The number of hydrogen-bond donors (Lipinski definition) is 1.